The number of thiol groups is 1. The van der Waals surface area contributed by atoms with Gasteiger partial charge >= 0.3 is 0 Å². The lowest BCUT2D eigenvalue weighted by atomic mass is 10.1. The molecule has 0 aliphatic rings. The van der Waals surface area contributed by atoms with Crippen molar-refractivity contribution >= 4 is 80.2 Å². The third kappa shape index (κ3) is 6.56. The number of rotatable bonds is 7. The van der Waals surface area contributed by atoms with Crippen molar-refractivity contribution in [1.82, 2.24) is 15.8 Å². The van der Waals surface area contributed by atoms with Crippen LogP contribution in [0.3, 0.4) is 0 Å². The summed E-state index contributed by atoms with van der Waals surface area (Å²) in [5.74, 6) is -1.02. The maximum atomic E-state index is 12.0. The molecule has 26 heavy (non-hydrogen) atoms. The second kappa shape index (κ2) is 10.5. The Kier molecular flexibility index (Phi) is 8.29. The lowest BCUT2D eigenvalue weighted by Crippen LogP contribution is -2.45. The monoisotopic (exact) mass is 473 g/mol. The first kappa shape index (κ1) is 20.6. The molecule has 2 atom stereocenters. The molecule has 0 bridgehead atoms. The number of halogens is 1. The molecule has 2 unspecified atom stereocenters. The Morgan fingerprint density at radius 1 is 1.38 bits per heavy atom. The van der Waals surface area contributed by atoms with Crippen molar-refractivity contribution < 1.29 is 9.59 Å². The van der Waals surface area contributed by atoms with Gasteiger partial charge in [0.15, 0.2) is 10.2 Å². The maximum absolute atomic E-state index is 12.0. The highest BCUT2D eigenvalue weighted by Gasteiger charge is 2.21. The number of amides is 1. The number of hydrogen-bond donors (Lipinski definition) is 5. The van der Waals surface area contributed by atoms with E-state index in [0.29, 0.717) is 11.4 Å². The Balaban J connectivity index is 1.78. The Labute approximate surface area is 173 Å². The van der Waals surface area contributed by atoms with E-state index in [0.717, 1.165) is 10.2 Å². The molecule has 4 N–H and O–H groups in total. The van der Waals surface area contributed by atoms with Crippen LogP contribution >= 0.6 is 52.1 Å². The van der Waals surface area contributed by atoms with E-state index in [9.17, 15) is 9.59 Å². The van der Waals surface area contributed by atoms with Crippen molar-refractivity contribution in [2.24, 2.45) is 5.92 Å². The number of aldehydes is 1. The van der Waals surface area contributed by atoms with Crippen molar-refractivity contribution in [1.29, 1.82) is 0 Å². The zero-order valence-corrected chi connectivity index (χ0v) is 17.4. The van der Waals surface area contributed by atoms with E-state index in [2.05, 4.69) is 55.0 Å². The lowest BCUT2D eigenvalue weighted by Gasteiger charge is -2.19. The third-order valence-electron chi connectivity index (χ3n) is 3.14. The van der Waals surface area contributed by atoms with Crippen LogP contribution < -0.4 is 21.5 Å². The number of nitrogens with zero attached hydrogens (tertiary/aromatic N) is 1. The number of anilines is 2. The molecule has 0 spiro atoms. The predicted molar refractivity (Wildman–Crippen MR) is 114 cm³/mol. The number of hydrogen-bond acceptors (Lipinski definition) is 7. The van der Waals surface area contributed by atoms with Crippen LogP contribution in [0.2, 0.25) is 0 Å². The summed E-state index contributed by atoms with van der Waals surface area (Å²) in [7, 11) is 0. The van der Waals surface area contributed by atoms with E-state index in [1.165, 1.54) is 11.3 Å². The molecule has 0 aliphatic heterocycles. The molecular formula is C15H16BrN5O2S3. The molecule has 0 saturated heterocycles. The number of hydrazine groups is 1. The fourth-order valence-electron chi connectivity index (χ4n) is 1.87. The number of carbonyl (C=O) groups is 2. The highest BCUT2D eigenvalue weighted by atomic mass is 79.9. The van der Waals surface area contributed by atoms with Gasteiger partial charge in [-0.25, -0.2) is 4.98 Å². The number of thiocarbonyl (C=S) groups is 1. The van der Waals surface area contributed by atoms with Gasteiger partial charge in [-0.05, 0) is 40.3 Å². The Bertz CT molecular complexity index is 759. The van der Waals surface area contributed by atoms with Gasteiger partial charge in [0.05, 0.1) is 17.0 Å². The molecule has 1 aromatic carbocycles. The molecule has 1 amide bonds. The normalized spacial score (nSPS) is 12.5. The molecule has 0 saturated carbocycles. The van der Waals surface area contributed by atoms with Crippen LogP contribution in [-0.2, 0) is 9.59 Å². The second-order valence-electron chi connectivity index (χ2n) is 5.04. The lowest BCUT2D eigenvalue weighted by molar-refractivity contribution is -0.124. The highest BCUT2D eigenvalue weighted by molar-refractivity contribution is 9.10. The molecule has 0 fully saturated rings. The SMILES string of the molecule is O=CC(CC(=O)NNC(=S)Nc1ccccc1Br)C(S)Nc1nccs1. The topological polar surface area (TPSA) is 95.2 Å². The largest absolute Gasteiger partial charge is 0.349 e. The quantitative estimate of drug-likeness (QED) is 0.139. The van der Waals surface area contributed by atoms with Gasteiger partial charge in [0.1, 0.15) is 6.29 Å². The first-order valence-corrected chi connectivity index (χ1v) is 9.99. The molecule has 0 radical (unpaired) electrons. The van der Waals surface area contributed by atoms with Crippen molar-refractivity contribution in [3.8, 4) is 0 Å². The fraction of sp³-hybridized carbons (Fsp3) is 0.200. The number of carbonyl (C=O) groups excluding carboxylic acids is 2. The fourth-order valence-corrected chi connectivity index (χ4v) is 3.37. The van der Waals surface area contributed by atoms with Crippen LogP contribution in [0.5, 0.6) is 0 Å². The van der Waals surface area contributed by atoms with Gasteiger partial charge in [-0.2, -0.15) is 12.6 Å². The minimum Gasteiger partial charge on any atom is -0.349 e. The molecule has 1 heterocycles. The summed E-state index contributed by atoms with van der Waals surface area (Å²) in [6.45, 7) is 0. The van der Waals surface area contributed by atoms with Crippen LogP contribution in [0.25, 0.3) is 0 Å². The molecule has 2 rings (SSSR count). The predicted octanol–water partition coefficient (Wildman–Crippen LogP) is 2.80. The van der Waals surface area contributed by atoms with E-state index in [1.54, 1.807) is 11.6 Å². The van der Waals surface area contributed by atoms with E-state index in [4.69, 9.17) is 12.2 Å². The van der Waals surface area contributed by atoms with Crippen LogP contribution in [0, 0.1) is 5.92 Å². The third-order valence-corrected chi connectivity index (χ3v) is 5.25. The molecule has 1 aromatic heterocycles. The van der Waals surface area contributed by atoms with Gasteiger partial charge < -0.3 is 15.4 Å². The van der Waals surface area contributed by atoms with Crippen molar-refractivity contribution in [3.05, 3.63) is 40.3 Å². The summed E-state index contributed by atoms with van der Waals surface area (Å²) in [5, 5.41) is 8.04. The van der Waals surface area contributed by atoms with E-state index < -0.39 is 17.2 Å². The van der Waals surface area contributed by atoms with Gasteiger partial charge in [-0.15, -0.1) is 11.3 Å². The van der Waals surface area contributed by atoms with Crippen LogP contribution in [0.4, 0.5) is 10.8 Å². The number of para-hydroxylation sites is 1. The minimum absolute atomic E-state index is 0.0549. The first-order chi connectivity index (χ1) is 12.5. The molecule has 2 aromatic rings. The molecule has 138 valence electrons. The molecule has 11 heteroatoms. The van der Waals surface area contributed by atoms with Gasteiger partial charge in [0, 0.05) is 22.5 Å². The average Bonchev–Trinajstić information content (AvgIpc) is 3.12. The molecule has 7 nitrogen and oxygen atoms in total. The Hall–Kier alpha value is -1.69. The minimum atomic E-state index is -0.631. The summed E-state index contributed by atoms with van der Waals surface area (Å²) in [5.41, 5.74) is 5.82. The molecule has 0 aliphatic carbocycles. The van der Waals surface area contributed by atoms with Crippen LogP contribution in [0.1, 0.15) is 6.42 Å². The summed E-state index contributed by atoms with van der Waals surface area (Å²) in [6, 6.07) is 7.42. The van der Waals surface area contributed by atoms with Gasteiger partial charge in [0.25, 0.3) is 0 Å². The van der Waals surface area contributed by atoms with Crippen molar-refractivity contribution in [2.75, 3.05) is 10.6 Å². The van der Waals surface area contributed by atoms with E-state index >= 15 is 0 Å². The number of thiazole rings is 1. The maximum Gasteiger partial charge on any atom is 0.239 e. The highest BCUT2D eigenvalue weighted by Crippen LogP contribution is 2.21. The Morgan fingerprint density at radius 3 is 2.81 bits per heavy atom. The van der Waals surface area contributed by atoms with Crippen molar-refractivity contribution in [3.63, 3.8) is 0 Å². The zero-order chi connectivity index (χ0) is 18.9. The zero-order valence-electron chi connectivity index (χ0n) is 13.3. The standard InChI is InChI=1S/C15H16BrN5O2S3/c16-10-3-1-2-4-11(10)18-14(25)21-20-12(23)7-9(8-22)13(24)19-15-17-5-6-26-15/h1-6,8-9,13,24H,7H2,(H,17,19)(H,20,23)(H2,18,21,25). The van der Waals surface area contributed by atoms with Crippen molar-refractivity contribution in [2.45, 2.75) is 11.8 Å². The first-order valence-electron chi connectivity index (χ1n) is 7.39. The van der Waals surface area contributed by atoms with Gasteiger partial charge in [0.2, 0.25) is 5.91 Å². The summed E-state index contributed by atoms with van der Waals surface area (Å²) < 4.78 is 0.836. The number of nitrogens with one attached hydrogen (secondary N) is 4. The average molecular weight is 474 g/mol. The van der Waals surface area contributed by atoms with Crippen LogP contribution in [0.15, 0.2) is 40.3 Å². The summed E-state index contributed by atoms with van der Waals surface area (Å²) >= 11 is 14.2. The summed E-state index contributed by atoms with van der Waals surface area (Å²) in [6.07, 6.45) is 2.27. The molecular weight excluding hydrogens is 458 g/mol. The number of benzene rings is 1. The number of aromatic nitrogens is 1. The Morgan fingerprint density at radius 2 is 2.15 bits per heavy atom. The summed E-state index contributed by atoms with van der Waals surface area (Å²) in [4.78, 5) is 27.4. The van der Waals surface area contributed by atoms with Gasteiger partial charge in [-0.3, -0.25) is 15.6 Å². The van der Waals surface area contributed by atoms with E-state index in [-0.39, 0.29) is 11.5 Å². The smallest absolute Gasteiger partial charge is 0.239 e. The van der Waals surface area contributed by atoms with E-state index in [1.807, 2.05) is 24.3 Å². The van der Waals surface area contributed by atoms with Gasteiger partial charge in [-0.1, -0.05) is 12.1 Å². The second-order valence-corrected chi connectivity index (χ2v) is 7.75. The van der Waals surface area contributed by atoms with Crippen LogP contribution in [-0.4, -0.2) is 27.7 Å².